The second kappa shape index (κ2) is 5.96. The Kier molecular flexibility index (Phi) is 4.87. The molecule has 17 heavy (non-hydrogen) atoms. The Morgan fingerprint density at radius 1 is 1.41 bits per heavy atom. The van der Waals surface area contributed by atoms with Gasteiger partial charge in [0.25, 0.3) is 0 Å². The van der Waals surface area contributed by atoms with Gasteiger partial charge in [-0.3, -0.25) is 9.00 Å². The van der Waals surface area contributed by atoms with Crippen molar-refractivity contribution in [3.05, 3.63) is 29.3 Å². The molecule has 0 fully saturated rings. The highest BCUT2D eigenvalue weighted by atomic mass is 32.2. The van der Waals surface area contributed by atoms with Gasteiger partial charge in [0.2, 0.25) is 0 Å². The normalized spacial score (nSPS) is 12.5. The molecule has 1 rings (SSSR count). The lowest BCUT2D eigenvalue weighted by molar-refractivity contribution is 0.101. The summed E-state index contributed by atoms with van der Waals surface area (Å²) in [5.41, 5.74) is 1.45. The largest absolute Gasteiger partial charge is 0.496 e. The van der Waals surface area contributed by atoms with E-state index in [1.165, 1.54) is 6.92 Å². The van der Waals surface area contributed by atoms with Gasteiger partial charge in [0.1, 0.15) is 5.75 Å². The lowest BCUT2D eigenvalue weighted by Gasteiger charge is -2.11. The summed E-state index contributed by atoms with van der Waals surface area (Å²) in [6, 6.07) is 5.24. The van der Waals surface area contributed by atoms with Crippen LogP contribution >= 0.6 is 0 Å². The molecular formula is C13H18O3S. The van der Waals surface area contributed by atoms with Crippen LogP contribution in [0.15, 0.2) is 18.2 Å². The van der Waals surface area contributed by atoms with Gasteiger partial charge in [0.15, 0.2) is 5.78 Å². The number of methoxy groups -OCH3 is 1. The topological polar surface area (TPSA) is 43.4 Å². The molecule has 0 saturated carbocycles. The highest BCUT2D eigenvalue weighted by Crippen LogP contribution is 2.22. The van der Waals surface area contributed by atoms with Crippen LogP contribution in [0, 0.1) is 0 Å². The van der Waals surface area contributed by atoms with Crippen LogP contribution in [-0.2, 0) is 16.6 Å². The van der Waals surface area contributed by atoms with Crippen molar-refractivity contribution in [3.8, 4) is 5.75 Å². The van der Waals surface area contributed by atoms with Crippen molar-refractivity contribution in [2.75, 3.05) is 7.11 Å². The van der Waals surface area contributed by atoms with Gasteiger partial charge in [0.05, 0.1) is 12.9 Å². The van der Waals surface area contributed by atoms with Crippen LogP contribution in [0.1, 0.15) is 36.7 Å². The van der Waals surface area contributed by atoms with Crippen LogP contribution in [0.2, 0.25) is 0 Å². The SMILES string of the molecule is COc1ccc(C(C)=O)cc1CS(=O)C(C)C. The average molecular weight is 254 g/mol. The molecule has 0 aliphatic heterocycles. The molecule has 94 valence electrons. The molecule has 1 atom stereocenters. The standard InChI is InChI=1S/C13H18O3S/c1-9(2)17(15)8-12-7-11(10(3)14)5-6-13(12)16-4/h5-7,9H,8H2,1-4H3. The minimum absolute atomic E-state index is 0.00392. The number of hydrogen-bond acceptors (Lipinski definition) is 3. The fraction of sp³-hybridized carbons (Fsp3) is 0.462. The third-order valence-corrected chi connectivity index (χ3v) is 4.16. The highest BCUT2D eigenvalue weighted by molar-refractivity contribution is 7.84. The molecule has 0 aliphatic carbocycles. The third-order valence-electron chi connectivity index (χ3n) is 2.51. The first-order chi connectivity index (χ1) is 7.95. The molecule has 0 heterocycles. The summed E-state index contributed by atoms with van der Waals surface area (Å²) < 4.78 is 17.0. The Bertz CT molecular complexity index is 438. The van der Waals surface area contributed by atoms with Gasteiger partial charge in [-0.1, -0.05) is 13.8 Å². The van der Waals surface area contributed by atoms with Crippen LogP contribution in [0.25, 0.3) is 0 Å². The van der Waals surface area contributed by atoms with E-state index in [0.717, 1.165) is 5.56 Å². The zero-order valence-corrected chi connectivity index (χ0v) is 11.5. The molecule has 1 unspecified atom stereocenters. The van der Waals surface area contributed by atoms with Crippen LogP contribution < -0.4 is 4.74 Å². The molecule has 0 bridgehead atoms. The number of carbonyl (C=O) groups is 1. The minimum atomic E-state index is -0.947. The van der Waals surface area contributed by atoms with E-state index in [-0.39, 0.29) is 11.0 Å². The van der Waals surface area contributed by atoms with Gasteiger partial charge < -0.3 is 4.74 Å². The van der Waals surface area contributed by atoms with Crippen molar-refractivity contribution in [1.29, 1.82) is 0 Å². The number of Topliss-reactive ketones (excluding diaryl/α,β-unsaturated/α-hetero) is 1. The Labute approximate surface area is 105 Å². The molecule has 0 amide bonds. The van der Waals surface area contributed by atoms with Gasteiger partial charge in [-0.15, -0.1) is 0 Å². The molecule has 0 aromatic heterocycles. The maximum atomic E-state index is 11.8. The van der Waals surface area contributed by atoms with Crippen molar-refractivity contribution < 1.29 is 13.7 Å². The fourth-order valence-corrected chi connectivity index (χ4v) is 2.30. The van der Waals surface area contributed by atoms with Crippen molar-refractivity contribution in [3.63, 3.8) is 0 Å². The highest BCUT2D eigenvalue weighted by Gasteiger charge is 2.12. The Morgan fingerprint density at radius 2 is 2.06 bits per heavy atom. The maximum Gasteiger partial charge on any atom is 0.159 e. The van der Waals surface area contributed by atoms with E-state index >= 15 is 0 Å². The van der Waals surface area contributed by atoms with Gasteiger partial charge in [-0.25, -0.2) is 0 Å². The van der Waals surface area contributed by atoms with Gasteiger partial charge in [-0.2, -0.15) is 0 Å². The molecule has 0 spiro atoms. The van der Waals surface area contributed by atoms with Crippen molar-refractivity contribution in [2.45, 2.75) is 31.8 Å². The minimum Gasteiger partial charge on any atom is -0.496 e. The Morgan fingerprint density at radius 3 is 2.53 bits per heavy atom. The molecular weight excluding hydrogens is 236 g/mol. The first-order valence-corrected chi connectivity index (χ1v) is 6.89. The number of benzene rings is 1. The second-order valence-electron chi connectivity index (χ2n) is 4.16. The number of carbonyl (C=O) groups excluding carboxylic acids is 1. The third kappa shape index (κ3) is 3.66. The zero-order chi connectivity index (χ0) is 13.0. The Balaban J connectivity index is 3.06. The molecule has 1 aromatic carbocycles. The molecule has 0 radical (unpaired) electrons. The van der Waals surface area contributed by atoms with Crippen LogP contribution in [0.3, 0.4) is 0 Å². The predicted molar refractivity (Wildman–Crippen MR) is 70.0 cm³/mol. The van der Waals surface area contributed by atoms with E-state index in [4.69, 9.17) is 4.74 Å². The van der Waals surface area contributed by atoms with Crippen molar-refractivity contribution in [2.24, 2.45) is 0 Å². The van der Waals surface area contributed by atoms with E-state index in [1.54, 1.807) is 25.3 Å². The quantitative estimate of drug-likeness (QED) is 0.758. The summed E-state index contributed by atoms with van der Waals surface area (Å²) in [6.45, 7) is 5.35. The monoisotopic (exact) mass is 254 g/mol. The smallest absolute Gasteiger partial charge is 0.159 e. The summed E-state index contributed by atoms with van der Waals surface area (Å²) in [5, 5.41) is 0.0979. The molecule has 4 heteroatoms. The zero-order valence-electron chi connectivity index (χ0n) is 10.6. The van der Waals surface area contributed by atoms with E-state index in [1.807, 2.05) is 13.8 Å². The summed E-state index contributed by atoms with van der Waals surface area (Å²) in [5.74, 6) is 1.11. The van der Waals surface area contributed by atoms with Gasteiger partial charge in [-0.05, 0) is 25.1 Å². The summed E-state index contributed by atoms with van der Waals surface area (Å²) in [6.07, 6.45) is 0. The lowest BCUT2D eigenvalue weighted by Crippen LogP contribution is -2.09. The summed E-state index contributed by atoms with van der Waals surface area (Å²) in [4.78, 5) is 11.3. The van der Waals surface area contributed by atoms with E-state index in [0.29, 0.717) is 17.1 Å². The number of rotatable bonds is 5. The maximum absolute atomic E-state index is 11.8. The lowest BCUT2D eigenvalue weighted by atomic mass is 10.1. The van der Waals surface area contributed by atoms with Crippen LogP contribution in [0.5, 0.6) is 5.75 Å². The average Bonchev–Trinajstić information content (AvgIpc) is 2.28. The van der Waals surface area contributed by atoms with Gasteiger partial charge in [0, 0.05) is 27.2 Å². The summed E-state index contributed by atoms with van der Waals surface area (Å²) in [7, 11) is 0.627. The molecule has 3 nitrogen and oxygen atoms in total. The predicted octanol–water partition coefficient (Wildman–Crippen LogP) is 2.55. The van der Waals surface area contributed by atoms with E-state index in [2.05, 4.69) is 0 Å². The Hall–Kier alpha value is -1.16. The van der Waals surface area contributed by atoms with Crippen molar-refractivity contribution in [1.82, 2.24) is 0 Å². The fourth-order valence-electron chi connectivity index (χ4n) is 1.43. The number of ether oxygens (including phenoxy) is 1. The molecule has 0 saturated heterocycles. The number of ketones is 1. The van der Waals surface area contributed by atoms with Crippen LogP contribution in [-0.4, -0.2) is 22.4 Å². The van der Waals surface area contributed by atoms with E-state index < -0.39 is 10.8 Å². The van der Waals surface area contributed by atoms with Crippen molar-refractivity contribution >= 4 is 16.6 Å². The molecule has 0 aliphatic rings. The van der Waals surface area contributed by atoms with E-state index in [9.17, 15) is 9.00 Å². The van der Waals surface area contributed by atoms with Gasteiger partial charge >= 0.3 is 0 Å². The first-order valence-electron chi connectivity index (χ1n) is 5.50. The first kappa shape index (κ1) is 13.9. The van der Waals surface area contributed by atoms with Crippen LogP contribution in [0.4, 0.5) is 0 Å². The summed E-state index contributed by atoms with van der Waals surface area (Å²) >= 11 is 0. The number of hydrogen-bond donors (Lipinski definition) is 0. The molecule has 1 aromatic rings. The molecule has 0 N–H and O–H groups in total. The second-order valence-corrected chi connectivity index (χ2v) is 6.15.